The zero-order valence-corrected chi connectivity index (χ0v) is 27.5. The molecule has 0 aromatic rings. The Balaban J connectivity index is 1.56. The first kappa shape index (κ1) is 31.9. The Morgan fingerprint density at radius 1 is 0.791 bits per heavy atom. The highest BCUT2D eigenvalue weighted by Gasteiger charge is 2.73. The van der Waals surface area contributed by atoms with Gasteiger partial charge in [-0.15, -0.1) is 0 Å². The van der Waals surface area contributed by atoms with E-state index in [2.05, 4.69) is 34.6 Å². The molecule has 0 aliphatic heterocycles. The summed E-state index contributed by atoms with van der Waals surface area (Å²) < 4.78 is 16.2. The van der Waals surface area contributed by atoms with E-state index in [1.165, 1.54) is 13.8 Å². The predicted molar refractivity (Wildman–Crippen MR) is 158 cm³/mol. The van der Waals surface area contributed by atoms with E-state index in [1.807, 2.05) is 13.8 Å². The van der Waals surface area contributed by atoms with Gasteiger partial charge in [-0.2, -0.15) is 0 Å². The molecule has 5 aliphatic carbocycles. The molecule has 0 aromatic heterocycles. The smallest absolute Gasteiger partial charge is 0.327 e. The molecule has 0 N–H and O–H groups in total. The zero-order valence-electron chi connectivity index (χ0n) is 27.5. The number of hydrogen-bond acceptors (Lipinski definition) is 8. The SMILES string of the molecule is CC(=O)OCOC(=O)[C@@]12CC[C@]3(C)[C@H](CC[C@@H]4[C@@]5(C)CC[C@H](OC(C)=O)C(C)(C)[C@@H]5CC[C@]43C)C1=C(C(C)C)C(=O)C2=O. The van der Waals surface area contributed by atoms with Crippen LogP contribution in [0.3, 0.4) is 0 Å². The van der Waals surface area contributed by atoms with E-state index in [4.69, 9.17) is 14.2 Å². The van der Waals surface area contributed by atoms with E-state index in [-0.39, 0.29) is 52.0 Å². The maximum absolute atomic E-state index is 13.8. The van der Waals surface area contributed by atoms with Crippen molar-refractivity contribution in [1.29, 1.82) is 0 Å². The largest absolute Gasteiger partial charge is 0.462 e. The minimum absolute atomic E-state index is 0.0508. The molecule has 4 saturated carbocycles. The molecule has 238 valence electrons. The lowest BCUT2D eigenvalue weighted by Crippen LogP contribution is -2.66. The maximum atomic E-state index is 13.8. The van der Waals surface area contributed by atoms with E-state index in [9.17, 15) is 24.0 Å². The van der Waals surface area contributed by atoms with Crippen LogP contribution in [0.4, 0.5) is 0 Å². The van der Waals surface area contributed by atoms with Gasteiger partial charge in [-0.3, -0.25) is 24.0 Å². The van der Waals surface area contributed by atoms with Crippen LogP contribution in [0.2, 0.25) is 0 Å². The fourth-order valence-electron chi connectivity index (χ4n) is 11.4. The number of allylic oxidation sites excluding steroid dienone is 1. The molecule has 5 rings (SSSR count). The normalized spacial score (nSPS) is 41.5. The third-order valence-electron chi connectivity index (χ3n) is 13.4. The fourth-order valence-corrected chi connectivity index (χ4v) is 11.4. The third kappa shape index (κ3) is 4.23. The van der Waals surface area contributed by atoms with Gasteiger partial charge >= 0.3 is 17.9 Å². The van der Waals surface area contributed by atoms with Crippen molar-refractivity contribution in [2.75, 3.05) is 6.79 Å². The molecule has 8 nitrogen and oxygen atoms in total. The summed E-state index contributed by atoms with van der Waals surface area (Å²) >= 11 is 0. The van der Waals surface area contributed by atoms with Gasteiger partial charge < -0.3 is 14.2 Å². The van der Waals surface area contributed by atoms with Gasteiger partial charge in [0.05, 0.1) is 0 Å². The molecule has 0 aromatic carbocycles. The van der Waals surface area contributed by atoms with Gasteiger partial charge in [-0.25, -0.2) is 0 Å². The Bertz CT molecular complexity index is 1290. The number of ketones is 2. The Hall–Kier alpha value is -2.51. The van der Waals surface area contributed by atoms with Gasteiger partial charge in [0.15, 0.2) is 5.41 Å². The van der Waals surface area contributed by atoms with Crippen LogP contribution < -0.4 is 0 Å². The standard InChI is InChI=1S/C35H50O8/c1-19(2)26-27-22-10-11-24-32(7)14-13-25(43-21(4)37)31(5,6)23(32)12-15-34(24,9)33(22,8)16-17-35(27,29(39)28(26)38)30(40)42-18-41-20(3)36/h19,22-25H,10-18H2,1-9H3/t22-,23+,24-,25+,32+,33-,34-,35+/m1/s1. The van der Waals surface area contributed by atoms with Crippen molar-refractivity contribution in [3.05, 3.63) is 11.1 Å². The van der Waals surface area contributed by atoms with Crippen molar-refractivity contribution in [2.45, 2.75) is 120 Å². The highest BCUT2D eigenvalue weighted by Crippen LogP contribution is 2.76. The molecular formula is C35H50O8. The van der Waals surface area contributed by atoms with Crippen molar-refractivity contribution in [1.82, 2.24) is 0 Å². The summed E-state index contributed by atoms with van der Waals surface area (Å²) in [5.41, 5.74) is -0.891. The molecule has 5 aliphatic rings. The van der Waals surface area contributed by atoms with Crippen LogP contribution in [0, 0.1) is 50.7 Å². The van der Waals surface area contributed by atoms with E-state index < -0.39 is 35.7 Å². The maximum Gasteiger partial charge on any atom is 0.327 e. The molecule has 0 heterocycles. The lowest BCUT2D eigenvalue weighted by molar-refractivity contribution is -0.233. The quantitative estimate of drug-likeness (QED) is 0.160. The van der Waals surface area contributed by atoms with E-state index in [0.717, 1.165) is 38.5 Å². The second-order valence-corrected chi connectivity index (χ2v) is 15.8. The first-order chi connectivity index (χ1) is 19.9. The second-order valence-electron chi connectivity index (χ2n) is 15.8. The number of hydrogen-bond donors (Lipinski definition) is 0. The van der Waals surface area contributed by atoms with Crippen LogP contribution in [0.5, 0.6) is 0 Å². The van der Waals surface area contributed by atoms with Crippen molar-refractivity contribution in [2.24, 2.45) is 50.7 Å². The predicted octanol–water partition coefficient (Wildman–Crippen LogP) is 6.14. The second kappa shape index (κ2) is 10.3. The number of rotatable bonds is 5. The lowest BCUT2D eigenvalue weighted by atomic mass is 9.33. The molecular weight excluding hydrogens is 548 g/mol. The molecule has 0 bridgehead atoms. The summed E-state index contributed by atoms with van der Waals surface area (Å²) in [7, 11) is 0. The molecule has 0 radical (unpaired) electrons. The highest BCUT2D eigenvalue weighted by molar-refractivity contribution is 6.52. The van der Waals surface area contributed by atoms with Gasteiger partial charge in [-0.1, -0.05) is 48.5 Å². The Labute approximate surface area is 256 Å². The van der Waals surface area contributed by atoms with Crippen LogP contribution >= 0.6 is 0 Å². The van der Waals surface area contributed by atoms with Crippen molar-refractivity contribution in [3.8, 4) is 0 Å². The van der Waals surface area contributed by atoms with Crippen LogP contribution in [0.25, 0.3) is 0 Å². The minimum atomic E-state index is -1.64. The molecule has 0 unspecified atom stereocenters. The van der Waals surface area contributed by atoms with Gasteiger partial charge in [-0.05, 0) is 96.9 Å². The highest BCUT2D eigenvalue weighted by atomic mass is 16.7. The monoisotopic (exact) mass is 598 g/mol. The molecule has 0 amide bonds. The number of ether oxygens (including phenoxy) is 3. The van der Waals surface area contributed by atoms with Crippen LogP contribution in [0.1, 0.15) is 114 Å². The van der Waals surface area contributed by atoms with Gasteiger partial charge in [0.2, 0.25) is 18.4 Å². The van der Waals surface area contributed by atoms with E-state index in [0.29, 0.717) is 29.4 Å². The van der Waals surface area contributed by atoms with Crippen molar-refractivity contribution >= 4 is 29.5 Å². The molecule has 43 heavy (non-hydrogen) atoms. The Morgan fingerprint density at radius 3 is 2.07 bits per heavy atom. The van der Waals surface area contributed by atoms with Crippen LogP contribution in [0.15, 0.2) is 11.1 Å². The number of fused-ring (bicyclic) bond motifs is 7. The number of carbonyl (C=O) groups is 5. The van der Waals surface area contributed by atoms with Gasteiger partial charge in [0, 0.05) is 24.8 Å². The molecule has 0 spiro atoms. The fraction of sp³-hybridized carbons (Fsp3) is 0.800. The number of carbonyl (C=O) groups excluding carboxylic acids is 5. The van der Waals surface area contributed by atoms with Gasteiger partial charge in [0.1, 0.15) is 6.10 Å². The van der Waals surface area contributed by atoms with Crippen molar-refractivity contribution < 1.29 is 38.2 Å². The average molecular weight is 599 g/mol. The first-order valence-electron chi connectivity index (χ1n) is 16.2. The summed E-state index contributed by atoms with van der Waals surface area (Å²) in [5.74, 6) is -2.34. The first-order valence-corrected chi connectivity index (χ1v) is 16.2. The van der Waals surface area contributed by atoms with Crippen molar-refractivity contribution in [3.63, 3.8) is 0 Å². The van der Waals surface area contributed by atoms with Crippen LogP contribution in [-0.4, -0.2) is 42.4 Å². The third-order valence-corrected chi connectivity index (χ3v) is 13.4. The van der Waals surface area contributed by atoms with E-state index in [1.54, 1.807) is 0 Å². The lowest BCUT2D eigenvalue weighted by Gasteiger charge is -2.71. The molecule has 8 atom stereocenters. The summed E-state index contributed by atoms with van der Waals surface area (Å²) in [5, 5.41) is 0. The summed E-state index contributed by atoms with van der Waals surface area (Å²) in [6.07, 6.45) is 6.32. The summed E-state index contributed by atoms with van der Waals surface area (Å²) in [4.78, 5) is 64.6. The molecule has 8 heteroatoms. The molecule has 0 saturated heterocycles. The zero-order chi connectivity index (χ0) is 31.9. The van der Waals surface area contributed by atoms with Gasteiger partial charge in [0.25, 0.3) is 0 Å². The Kier molecular flexibility index (Phi) is 7.62. The number of esters is 3. The number of Topliss-reactive ketones (excluding diaryl/α,β-unsaturated/α-hetero) is 2. The Morgan fingerprint density at radius 2 is 1.47 bits per heavy atom. The summed E-state index contributed by atoms with van der Waals surface area (Å²) in [6, 6.07) is 0. The minimum Gasteiger partial charge on any atom is -0.462 e. The average Bonchev–Trinajstić information content (AvgIpc) is 3.13. The summed E-state index contributed by atoms with van der Waals surface area (Å²) in [6.45, 7) is 17.7. The van der Waals surface area contributed by atoms with E-state index >= 15 is 0 Å². The molecule has 4 fully saturated rings. The topological polar surface area (TPSA) is 113 Å². The van der Waals surface area contributed by atoms with Crippen LogP contribution in [-0.2, 0) is 38.2 Å².